The van der Waals surface area contributed by atoms with Crippen molar-refractivity contribution in [3.05, 3.63) is 35.9 Å². The number of nitrogens with zero attached hydrogens (tertiary/aromatic N) is 2. The Bertz CT molecular complexity index is 300. The molecule has 0 aliphatic rings. The van der Waals surface area contributed by atoms with Gasteiger partial charge in [-0.25, -0.2) is 0 Å². The monoisotopic (exact) mass is 204 g/mol. The molecular formula is C13H20N2. The largest absolute Gasteiger partial charge is 0.297 e. The fourth-order valence-electron chi connectivity index (χ4n) is 1.46. The molecule has 1 rings (SSSR count). The van der Waals surface area contributed by atoms with Gasteiger partial charge in [0.1, 0.15) is 0 Å². The highest BCUT2D eigenvalue weighted by atomic mass is 15.4. The zero-order chi connectivity index (χ0) is 11.1. The first-order valence-electron chi connectivity index (χ1n) is 5.53. The third kappa shape index (κ3) is 4.63. The van der Waals surface area contributed by atoms with Crippen molar-refractivity contribution in [3.8, 4) is 0 Å². The first-order valence-corrected chi connectivity index (χ1v) is 5.53. The van der Waals surface area contributed by atoms with Crippen LogP contribution in [0.4, 0.5) is 0 Å². The third-order valence-electron chi connectivity index (χ3n) is 2.21. The SMILES string of the molecule is CCN(CCc1ccccc1)N=C(C)C. The molecule has 0 aliphatic heterocycles. The maximum absolute atomic E-state index is 4.46. The Balaban J connectivity index is 2.45. The number of benzene rings is 1. The van der Waals surface area contributed by atoms with Crippen molar-refractivity contribution in [1.82, 2.24) is 5.01 Å². The Labute approximate surface area is 92.6 Å². The number of likely N-dealkylation sites (N-methyl/N-ethyl adjacent to an activating group) is 1. The van der Waals surface area contributed by atoms with E-state index in [0.717, 1.165) is 25.2 Å². The first kappa shape index (κ1) is 11.8. The van der Waals surface area contributed by atoms with Crippen LogP contribution in [0.2, 0.25) is 0 Å². The van der Waals surface area contributed by atoms with Crippen molar-refractivity contribution in [1.29, 1.82) is 0 Å². The molecule has 0 aromatic heterocycles. The third-order valence-corrected chi connectivity index (χ3v) is 2.21. The summed E-state index contributed by atoms with van der Waals surface area (Å²) in [5.41, 5.74) is 2.49. The lowest BCUT2D eigenvalue weighted by atomic mass is 10.1. The minimum absolute atomic E-state index is 0.970. The van der Waals surface area contributed by atoms with Crippen LogP contribution in [0.1, 0.15) is 26.3 Å². The Kier molecular flexibility index (Phi) is 4.88. The van der Waals surface area contributed by atoms with Crippen LogP contribution in [0.5, 0.6) is 0 Å². The van der Waals surface area contributed by atoms with Gasteiger partial charge >= 0.3 is 0 Å². The van der Waals surface area contributed by atoms with Crippen LogP contribution in [-0.4, -0.2) is 23.8 Å². The van der Waals surface area contributed by atoms with Crippen LogP contribution >= 0.6 is 0 Å². The summed E-state index contributed by atoms with van der Waals surface area (Å²) in [5.74, 6) is 0. The lowest BCUT2D eigenvalue weighted by molar-refractivity contribution is 0.307. The Morgan fingerprint density at radius 2 is 1.87 bits per heavy atom. The molecule has 0 atom stereocenters. The average Bonchev–Trinajstić information content (AvgIpc) is 2.25. The summed E-state index contributed by atoms with van der Waals surface area (Å²) in [5, 5.41) is 6.57. The standard InChI is InChI=1S/C13H20N2/c1-4-15(14-12(2)3)11-10-13-8-6-5-7-9-13/h5-9H,4,10-11H2,1-3H3. The lowest BCUT2D eigenvalue weighted by Gasteiger charge is -2.17. The van der Waals surface area contributed by atoms with E-state index in [-0.39, 0.29) is 0 Å². The second kappa shape index (κ2) is 6.23. The smallest absolute Gasteiger partial charge is 0.0400 e. The normalized spacial score (nSPS) is 9.80. The van der Waals surface area contributed by atoms with E-state index in [1.807, 2.05) is 13.8 Å². The summed E-state index contributed by atoms with van der Waals surface area (Å²) < 4.78 is 0. The fourth-order valence-corrected chi connectivity index (χ4v) is 1.46. The molecule has 2 nitrogen and oxygen atoms in total. The van der Waals surface area contributed by atoms with Gasteiger partial charge in [0.15, 0.2) is 0 Å². The Morgan fingerprint density at radius 1 is 1.20 bits per heavy atom. The molecule has 1 aromatic rings. The summed E-state index contributed by atoms with van der Waals surface area (Å²) in [6, 6.07) is 10.5. The van der Waals surface area contributed by atoms with Gasteiger partial charge in [0.2, 0.25) is 0 Å². The molecule has 2 heteroatoms. The van der Waals surface area contributed by atoms with E-state index >= 15 is 0 Å². The minimum atomic E-state index is 0.970. The first-order chi connectivity index (χ1) is 7.22. The number of hydrazone groups is 1. The van der Waals surface area contributed by atoms with E-state index in [1.54, 1.807) is 0 Å². The van der Waals surface area contributed by atoms with E-state index in [9.17, 15) is 0 Å². The van der Waals surface area contributed by atoms with Crippen LogP contribution in [0.15, 0.2) is 35.4 Å². The molecule has 0 radical (unpaired) electrons. The summed E-state index contributed by atoms with van der Waals surface area (Å²) in [6.45, 7) is 8.16. The van der Waals surface area contributed by atoms with Gasteiger partial charge in [-0.15, -0.1) is 0 Å². The molecule has 15 heavy (non-hydrogen) atoms. The molecule has 0 aliphatic carbocycles. The number of rotatable bonds is 5. The predicted octanol–water partition coefficient (Wildman–Crippen LogP) is 2.95. The van der Waals surface area contributed by atoms with E-state index in [4.69, 9.17) is 0 Å². The van der Waals surface area contributed by atoms with Crippen molar-refractivity contribution in [2.24, 2.45) is 5.10 Å². The molecule has 1 aromatic carbocycles. The van der Waals surface area contributed by atoms with Crippen molar-refractivity contribution >= 4 is 5.71 Å². The topological polar surface area (TPSA) is 15.6 Å². The van der Waals surface area contributed by atoms with Crippen LogP contribution in [-0.2, 0) is 6.42 Å². The van der Waals surface area contributed by atoms with Gasteiger partial charge in [-0.2, -0.15) is 5.10 Å². The van der Waals surface area contributed by atoms with Gasteiger partial charge in [-0.1, -0.05) is 30.3 Å². The minimum Gasteiger partial charge on any atom is -0.297 e. The summed E-state index contributed by atoms with van der Waals surface area (Å²) in [6.07, 6.45) is 1.06. The van der Waals surface area contributed by atoms with Crippen LogP contribution in [0, 0.1) is 0 Å². The zero-order valence-electron chi connectivity index (χ0n) is 9.90. The summed E-state index contributed by atoms with van der Waals surface area (Å²) in [7, 11) is 0. The molecule has 0 amide bonds. The molecule has 82 valence electrons. The molecule has 0 unspecified atom stereocenters. The molecule has 0 saturated carbocycles. The average molecular weight is 204 g/mol. The highest BCUT2D eigenvalue weighted by Gasteiger charge is 1.98. The Hall–Kier alpha value is -1.31. The second-order valence-corrected chi connectivity index (χ2v) is 3.83. The van der Waals surface area contributed by atoms with Crippen LogP contribution < -0.4 is 0 Å². The van der Waals surface area contributed by atoms with Gasteiger partial charge in [-0.3, -0.25) is 5.01 Å². The molecule has 0 heterocycles. The zero-order valence-corrected chi connectivity index (χ0v) is 9.90. The molecule has 0 fully saturated rings. The lowest BCUT2D eigenvalue weighted by Crippen LogP contribution is -2.21. The second-order valence-electron chi connectivity index (χ2n) is 3.83. The van der Waals surface area contributed by atoms with Crippen molar-refractivity contribution < 1.29 is 0 Å². The van der Waals surface area contributed by atoms with Crippen molar-refractivity contribution in [3.63, 3.8) is 0 Å². The molecule has 0 bridgehead atoms. The van der Waals surface area contributed by atoms with Gasteiger partial charge in [0, 0.05) is 18.8 Å². The number of hydrogen-bond donors (Lipinski definition) is 0. The Morgan fingerprint density at radius 3 is 2.40 bits per heavy atom. The van der Waals surface area contributed by atoms with Gasteiger partial charge in [0.25, 0.3) is 0 Å². The number of hydrogen-bond acceptors (Lipinski definition) is 2. The van der Waals surface area contributed by atoms with E-state index in [1.165, 1.54) is 5.56 Å². The van der Waals surface area contributed by atoms with Gasteiger partial charge in [0.05, 0.1) is 0 Å². The summed E-state index contributed by atoms with van der Waals surface area (Å²) >= 11 is 0. The highest BCUT2D eigenvalue weighted by Crippen LogP contribution is 2.01. The maximum Gasteiger partial charge on any atom is 0.0400 e. The molecule has 0 N–H and O–H groups in total. The quantitative estimate of drug-likeness (QED) is 0.532. The molecule has 0 spiro atoms. The van der Waals surface area contributed by atoms with Crippen LogP contribution in [0.3, 0.4) is 0 Å². The fraction of sp³-hybridized carbons (Fsp3) is 0.462. The maximum atomic E-state index is 4.46. The van der Waals surface area contributed by atoms with Crippen molar-refractivity contribution in [2.75, 3.05) is 13.1 Å². The van der Waals surface area contributed by atoms with E-state index < -0.39 is 0 Å². The van der Waals surface area contributed by atoms with Crippen LogP contribution in [0.25, 0.3) is 0 Å². The van der Waals surface area contributed by atoms with E-state index in [2.05, 4.69) is 47.4 Å². The van der Waals surface area contributed by atoms with E-state index in [0.29, 0.717) is 0 Å². The highest BCUT2D eigenvalue weighted by molar-refractivity contribution is 5.78. The molecular weight excluding hydrogens is 184 g/mol. The summed E-state index contributed by atoms with van der Waals surface area (Å²) in [4.78, 5) is 0. The molecule has 0 saturated heterocycles. The predicted molar refractivity (Wildman–Crippen MR) is 66.2 cm³/mol. The van der Waals surface area contributed by atoms with Gasteiger partial charge < -0.3 is 0 Å². The van der Waals surface area contributed by atoms with Crippen molar-refractivity contribution in [2.45, 2.75) is 27.2 Å². The van der Waals surface area contributed by atoms with Gasteiger partial charge in [-0.05, 0) is 32.8 Å².